The molecule has 3 nitrogen and oxygen atoms in total. The molecular formula is C5H10NO2Rb. The molecule has 0 aromatic heterocycles. The summed E-state index contributed by atoms with van der Waals surface area (Å²) >= 11 is 0. The Balaban J connectivity index is 0. The fourth-order valence-corrected chi connectivity index (χ4v) is 0.276. The maximum absolute atomic E-state index is 10.4. The molecule has 0 saturated heterocycles. The van der Waals surface area contributed by atoms with Gasteiger partial charge in [-0.15, -0.1) is 0 Å². The van der Waals surface area contributed by atoms with Crippen molar-refractivity contribution in [3.05, 3.63) is 5.32 Å². The van der Waals surface area contributed by atoms with Crippen molar-refractivity contribution in [2.24, 2.45) is 0 Å². The number of rotatable bonds is 2. The molecule has 1 unspecified atom stereocenters. The van der Waals surface area contributed by atoms with Crippen molar-refractivity contribution in [3.63, 3.8) is 0 Å². The summed E-state index contributed by atoms with van der Waals surface area (Å²) in [6, 6.07) is -0.319. The summed E-state index contributed by atoms with van der Waals surface area (Å²) in [5.41, 5.74) is 0. The number of carbonyl (C=O) groups excluding carboxylic acids is 1. The Morgan fingerprint density at radius 2 is 2.11 bits per heavy atom. The SMILES string of the molecule is C[N-]C(C)C(=O)OC.[Rb+]. The zero-order valence-electron chi connectivity index (χ0n) is 6.34. The molecule has 0 saturated carbocycles. The van der Waals surface area contributed by atoms with E-state index in [9.17, 15) is 4.79 Å². The third kappa shape index (κ3) is 5.67. The molecule has 9 heavy (non-hydrogen) atoms. The standard InChI is InChI=1S/C5H10NO2.Rb/c1-4(6-2)5(7)8-3;/h4H,1-3H3;/q-1;+1. The zero-order valence-corrected chi connectivity index (χ0v) is 11.3. The van der Waals surface area contributed by atoms with Crippen LogP contribution in [0.5, 0.6) is 0 Å². The van der Waals surface area contributed by atoms with E-state index in [4.69, 9.17) is 0 Å². The minimum atomic E-state index is -0.319. The number of carbonyl (C=O) groups is 1. The maximum atomic E-state index is 10.4. The largest absolute Gasteiger partial charge is 1.00 e. The molecule has 0 aromatic rings. The van der Waals surface area contributed by atoms with Crippen molar-refractivity contribution >= 4 is 5.97 Å². The molecule has 0 radical (unpaired) electrons. The fraction of sp³-hybridized carbons (Fsp3) is 0.800. The molecule has 1 atom stereocenters. The number of likely N-dealkylation sites (N-methyl/N-ethyl adjacent to an activating group) is 1. The molecule has 0 rings (SSSR count). The Morgan fingerprint density at radius 3 is 2.22 bits per heavy atom. The predicted molar refractivity (Wildman–Crippen MR) is 30.8 cm³/mol. The van der Waals surface area contributed by atoms with E-state index in [1.54, 1.807) is 14.0 Å². The van der Waals surface area contributed by atoms with Crippen LogP contribution in [-0.2, 0) is 9.53 Å². The molecule has 0 N–H and O–H groups in total. The van der Waals surface area contributed by atoms with Gasteiger partial charge in [0.15, 0.2) is 0 Å². The molecule has 4 heteroatoms. The molecule has 0 aliphatic heterocycles. The summed E-state index contributed by atoms with van der Waals surface area (Å²) in [6.07, 6.45) is 0. The number of methoxy groups -OCH3 is 1. The monoisotopic (exact) mass is 201 g/mol. The molecule has 0 fully saturated rings. The van der Waals surface area contributed by atoms with Gasteiger partial charge in [-0.1, -0.05) is 6.92 Å². The van der Waals surface area contributed by atoms with E-state index in [1.165, 1.54) is 7.11 Å². The number of ether oxygens (including phenoxy) is 1. The van der Waals surface area contributed by atoms with E-state index in [1.807, 2.05) is 0 Å². The summed E-state index contributed by atoms with van der Waals surface area (Å²) in [6.45, 7) is 1.69. The minimum absolute atomic E-state index is 0. The number of nitrogens with zero attached hydrogens (tertiary/aromatic N) is 1. The van der Waals surface area contributed by atoms with Crippen molar-refractivity contribution in [2.75, 3.05) is 14.2 Å². The number of hydrogen-bond donors (Lipinski definition) is 0. The minimum Gasteiger partial charge on any atom is -0.653 e. The first-order chi connectivity index (χ1) is 3.72. The van der Waals surface area contributed by atoms with Crippen LogP contribution in [0.4, 0.5) is 0 Å². The van der Waals surface area contributed by atoms with E-state index in [-0.39, 0.29) is 70.2 Å². The van der Waals surface area contributed by atoms with Crippen LogP contribution >= 0.6 is 0 Å². The van der Waals surface area contributed by atoms with Gasteiger partial charge in [-0.3, -0.25) is 4.79 Å². The van der Waals surface area contributed by atoms with Crippen molar-refractivity contribution in [3.8, 4) is 0 Å². The van der Waals surface area contributed by atoms with Crippen molar-refractivity contribution in [1.29, 1.82) is 0 Å². The van der Waals surface area contributed by atoms with Gasteiger partial charge in [0.1, 0.15) is 0 Å². The summed E-state index contributed by atoms with van der Waals surface area (Å²) < 4.78 is 4.37. The van der Waals surface area contributed by atoms with Crippen molar-refractivity contribution < 1.29 is 67.7 Å². The van der Waals surface area contributed by atoms with Crippen LogP contribution in [0.3, 0.4) is 0 Å². The number of esters is 1. The Labute approximate surface area is 104 Å². The van der Waals surface area contributed by atoms with Gasteiger partial charge in [0, 0.05) is 0 Å². The van der Waals surface area contributed by atoms with E-state index in [2.05, 4.69) is 10.1 Å². The average Bonchev–Trinajstić information content (AvgIpc) is 1.84. The third-order valence-electron chi connectivity index (χ3n) is 0.930. The first-order valence-corrected chi connectivity index (χ1v) is 2.39. The maximum Gasteiger partial charge on any atom is 1.00 e. The van der Waals surface area contributed by atoms with Crippen LogP contribution < -0.4 is 58.2 Å². The third-order valence-corrected chi connectivity index (χ3v) is 0.930. The first kappa shape index (κ1) is 12.9. The van der Waals surface area contributed by atoms with Crippen LogP contribution in [0.1, 0.15) is 6.92 Å². The van der Waals surface area contributed by atoms with Crippen molar-refractivity contribution in [1.82, 2.24) is 0 Å². The summed E-state index contributed by atoms with van der Waals surface area (Å²) in [7, 11) is 2.94. The van der Waals surface area contributed by atoms with Gasteiger partial charge in [-0.25, -0.2) is 0 Å². The van der Waals surface area contributed by atoms with Crippen LogP contribution in [0.15, 0.2) is 0 Å². The molecule has 0 heterocycles. The van der Waals surface area contributed by atoms with Gasteiger partial charge in [0.2, 0.25) is 0 Å². The molecule has 0 aliphatic carbocycles. The summed E-state index contributed by atoms with van der Waals surface area (Å²) in [5.74, 6) is -0.285. The van der Waals surface area contributed by atoms with Gasteiger partial charge >= 0.3 is 58.2 Å². The van der Waals surface area contributed by atoms with E-state index >= 15 is 0 Å². The van der Waals surface area contributed by atoms with Crippen molar-refractivity contribution in [2.45, 2.75) is 13.0 Å². The quantitative estimate of drug-likeness (QED) is 0.466. The second-order valence-corrected chi connectivity index (χ2v) is 1.46. The van der Waals surface area contributed by atoms with Gasteiger partial charge in [-0.05, 0) is 6.04 Å². The molecule has 0 aliphatic rings. The normalized spacial score (nSPS) is 11.4. The average molecular weight is 202 g/mol. The zero-order chi connectivity index (χ0) is 6.57. The second-order valence-electron chi connectivity index (χ2n) is 1.46. The fourth-order valence-electron chi connectivity index (χ4n) is 0.276. The van der Waals surface area contributed by atoms with Gasteiger partial charge < -0.3 is 10.1 Å². The van der Waals surface area contributed by atoms with Crippen LogP contribution in [0.25, 0.3) is 5.32 Å². The molecular weight excluding hydrogens is 192 g/mol. The van der Waals surface area contributed by atoms with Gasteiger partial charge in [-0.2, -0.15) is 7.05 Å². The Kier molecular flexibility index (Phi) is 10.5. The molecule has 0 amide bonds. The van der Waals surface area contributed by atoms with Crippen LogP contribution in [0, 0.1) is 0 Å². The molecule has 0 aromatic carbocycles. The topological polar surface area (TPSA) is 40.4 Å². The first-order valence-electron chi connectivity index (χ1n) is 2.39. The van der Waals surface area contributed by atoms with Gasteiger partial charge in [0.05, 0.1) is 7.11 Å². The van der Waals surface area contributed by atoms with Gasteiger partial charge in [0.25, 0.3) is 5.97 Å². The van der Waals surface area contributed by atoms with E-state index < -0.39 is 0 Å². The smallest absolute Gasteiger partial charge is 0.653 e. The summed E-state index contributed by atoms with van der Waals surface area (Å²) in [5, 5.41) is 3.68. The molecule has 0 bridgehead atoms. The van der Waals surface area contributed by atoms with E-state index in [0.717, 1.165) is 0 Å². The summed E-state index contributed by atoms with van der Waals surface area (Å²) in [4.78, 5) is 10.4. The van der Waals surface area contributed by atoms with Crippen LogP contribution in [0.2, 0.25) is 0 Å². The predicted octanol–water partition coefficient (Wildman–Crippen LogP) is -2.44. The second kappa shape index (κ2) is 7.34. The Hall–Kier alpha value is 1.24. The van der Waals surface area contributed by atoms with E-state index in [0.29, 0.717) is 0 Å². The molecule has 48 valence electrons. The Bertz CT molecular complexity index is 87.0. The number of hydrogen-bond acceptors (Lipinski definition) is 2. The van der Waals surface area contributed by atoms with Crippen LogP contribution in [-0.4, -0.2) is 26.2 Å². The molecule has 0 spiro atoms. The Morgan fingerprint density at radius 1 is 1.67 bits per heavy atom.